The van der Waals surface area contributed by atoms with Crippen molar-refractivity contribution in [3.63, 3.8) is 0 Å². The van der Waals surface area contributed by atoms with Crippen LogP contribution in [-0.4, -0.2) is 15.7 Å². The minimum Gasteiger partial charge on any atom is -0.384 e. The Kier molecular flexibility index (Phi) is 2.91. The molecule has 1 aromatic rings. The Bertz CT molecular complexity index is 323. The zero-order valence-electron chi connectivity index (χ0n) is 8.36. The van der Waals surface area contributed by atoms with Crippen molar-refractivity contribution in [1.82, 2.24) is 9.97 Å². The largest absolute Gasteiger partial charge is 0.384 e. The molecule has 0 spiro atoms. The molecule has 0 aromatic carbocycles. The maximum absolute atomic E-state index is 5.74. The second-order valence-electron chi connectivity index (χ2n) is 3.55. The maximum Gasteiger partial charge on any atom is 0.140 e. The molecule has 14 heavy (non-hydrogen) atoms. The van der Waals surface area contributed by atoms with E-state index in [1.807, 2.05) is 17.8 Å². The lowest BCUT2D eigenvalue weighted by Crippen LogP contribution is -2.01. The normalized spacial score (nSPS) is 15.8. The Hall–Kier alpha value is -0.770. The van der Waals surface area contributed by atoms with Crippen LogP contribution < -0.4 is 5.73 Å². The van der Waals surface area contributed by atoms with Crippen LogP contribution in [0.15, 0.2) is 6.07 Å². The van der Waals surface area contributed by atoms with Crippen molar-refractivity contribution in [2.45, 2.75) is 31.4 Å². The van der Waals surface area contributed by atoms with Crippen LogP contribution in [0.3, 0.4) is 0 Å². The smallest absolute Gasteiger partial charge is 0.140 e. The molecule has 0 aliphatic heterocycles. The summed E-state index contributed by atoms with van der Waals surface area (Å²) in [5.41, 5.74) is 6.88. The van der Waals surface area contributed by atoms with E-state index in [2.05, 4.69) is 16.9 Å². The Morgan fingerprint density at radius 1 is 1.50 bits per heavy atom. The van der Waals surface area contributed by atoms with Gasteiger partial charge in [0.2, 0.25) is 0 Å². The summed E-state index contributed by atoms with van der Waals surface area (Å²) in [5, 5.41) is 0. The zero-order valence-corrected chi connectivity index (χ0v) is 9.18. The standard InChI is InChI=1S/C10H15N3S/c1-2-14-6-10-12-8(7-3-4-7)5-9(11)13-10/h5,7H,2-4,6H2,1H3,(H2,11,12,13). The van der Waals surface area contributed by atoms with E-state index in [0.29, 0.717) is 11.7 Å². The molecular formula is C10H15N3S. The average Bonchev–Trinajstić information content (AvgIpc) is 2.97. The van der Waals surface area contributed by atoms with Crippen LogP contribution in [0.1, 0.15) is 37.2 Å². The summed E-state index contributed by atoms with van der Waals surface area (Å²) in [6.45, 7) is 2.14. The number of anilines is 1. The molecule has 2 N–H and O–H groups in total. The Morgan fingerprint density at radius 3 is 2.93 bits per heavy atom. The van der Waals surface area contributed by atoms with Crippen molar-refractivity contribution < 1.29 is 0 Å². The van der Waals surface area contributed by atoms with Crippen LogP contribution in [0.4, 0.5) is 5.82 Å². The second-order valence-corrected chi connectivity index (χ2v) is 4.82. The lowest BCUT2D eigenvalue weighted by molar-refractivity contribution is 0.937. The van der Waals surface area contributed by atoms with Gasteiger partial charge in [-0.15, -0.1) is 0 Å². The lowest BCUT2D eigenvalue weighted by Gasteiger charge is -2.03. The highest BCUT2D eigenvalue weighted by Gasteiger charge is 2.25. The highest BCUT2D eigenvalue weighted by Crippen LogP contribution is 2.39. The molecule has 0 unspecified atom stereocenters. The molecule has 1 aliphatic carbocycles. The van der Waals surface area contributed by atoms with Crippen molar-refractivity contribution in [3.8, 4) is 0 Å². The molecule has 1 aliphatic rings. The number of nitrogen functional groups attached to an aromatic ring is 1. The lowest BCUT2D eigenvalue weighted by atomic mass is 10.3. The van der Waals surface area contributed by atoms with Gasteiger partial charge in [0.05, 0.1) is 5.75 Å². The number of nitrogens with zero attached hydrogens (tertiary/aromatic N) is 2. The number of thioether (sulfide) groups is 1. The first kappa shape index (κ1) is 9.77. The van der Waals surface area contributed by atoms with E-state index in [4.69, 9.17) is 5.73 Å². The second kappa shape index (κ2) is 4.17. The van der Waals surface area contributed by atoms with Gasteiger partial charge in [0.1, 0.15) is 11.6 Å². The van der Waals surface area contributed by atoms with E-state index in [9.17, 15) is 0 Å². The molecule has 0 bridgehead atoms. The Labute approximate surface area is 88.5 Å². The fraction of sp³-hybridized carbons (Fsp3) is 0.600. The molecule has 76 valence electrons. The molecule has 1 fully saturated rings. The van der Waals surface area contributed by atoms with E-state index < -0.39 is 0 Å². The van der Waals surface area contributed by atoms with E-state index >= 15 is 0 Å². The van der Waals surface area contributed by atoms with Crippen molar-refractivity contribution in [3.05, 3.63) is 17.6 Å². The molecule has 1 saturated carbocycles. The molecule has 3 nitrogen and oxygen atoms in total. The summed E-state index contributed by atoms with van der Waals surface area (Å²) in [7, 11) is 0. The first-order valence-corrected chi connectivity index (χ1v) is 6.16. The summed E-state index contributed by atoms with van der Waals surface area (Å²) in [6.07, 6.45) is 2.52. The predicted molar refractivity (Wildman–Crippen MR) is 60.3 cm³/mol. The molecule has 0 saturated heterocycles. The van der Waals surface area contributed by atoms with Crippen LogP contribution in [0, 0.1) is 0 Å². The first-order valence-electron chi connectivity index (χ1n) is 5.00. The molecule has 0 radical (unpaired) electrons. The van der Waals surface area contributed by atoms with Gasteiger partial charge in [-0.1, -0.05) is 6.92 Å². The fourth-order valence-electron chi connectivity index (χ4n) is 1.39. The fourth-order valence-corrected chi connectivity index (χ4v) is 1.90. The molecule has 0 amide bonds. The van der Waals surface area contributed by atoms with Gasteiger partial charge in [0, 0.05) is 17.7 Å². The van der Waals surface area contributed by atoms with E-state index in [0.717, 1.165) is 23.0 Å². The van der Waals surface area contributed by atoms with Gasteiger partial charge in [-0.05, 0) is 18.6 Å². The summed E-state index contributed by atoms with van der Waals surface area (Å²) in [6, 6.07) is 1.91. The van der Waals surface area contributed by atoms with Crippen LogP contribution in [-0.2, 0) is 5.75 Å². The van der Waals surface area contributed by atoms with Crippen molar-refractivity contribution in [2.24, 2.45) is 0 Å². The maximum atomic E-state index is 5.74. The van der Waals surface area contributed by atoms with E-state index in [1.54, 1.807) is 0 Å². The number of nitrogens with two attached hydrogens (primary N) is 1. The minimum absolute atomic E-state index is 0.619. The highest BCUT2D eigenvalue weighted by atomic mass is 32.2. The van der Waals surface area contributed by atoms with Crippen LogP contribution in [0.5, 0.6) is 0 Å². The van der Waals surface area contributed by atoms with E-state index in [1.165, 1.54) is 12.8 Å². The third-order valence-electron chi connectivity index (χ3n) is 2.24. The summed E-state index contributed by atoms with van der Waals surface area (Å²) in [4.78, 5) is 8.75. The topological polar surface area (TPSA) is 51.8 Å². The van der Waals surface area contributed by atoms with Gasteiger partial charge in [0.15, 0.2) is 0 Å². The number of hydrogen-bond donors (Lipinski definition) is 1. The van der Waals surface area contributed by atoms with E-state index in [-0.39, 0.29) is 0 Å². The third kappa shape index (κ3) is 2.38. The minimum atomic E-state index is 0.619. The van der Waals surface area contributed by atoms with Crippen LogP contribution in [0.2, 0.25) is 0 Å². The van der Waals surface area contributed by atoms with Crippen LogP contribution in [0.25, 0.3) is 0 Å². The third-order valence-corrected chi connectivity index (χ3v) is 3.11. The molecule has 0 atom stereocenters. The molecule has 1 aromatic heterocycles. The molecule has 2 rings (SSSR count). The summed E-state index contributed by atoms with van der Waals surface area (Å²) >= 11 is 1.83. The SMILES string of the molecule is CCSCc1nc(N)cc(C2CC2)n1. The average molecular weight is 209 g/mol. The van der Waals surface area contributed by atoms with Crippen molar-refractivity contribution >= 4 is 17.6 Å². The quantitative estimate of drug-likeness (QED) is 0.826. The molecule has 4 heteroatoms. The molecule has 1 heterocycles. The predicted octanol–water partition coefficient (Wildman–Crippen LogP) is 2.19. The van der Waals surface area contributed by atoms with Gasteiger partial charge >= 0.3 is 0 Å². The van der Waals surface area contributed by atoms with Gasteiger partial charge in [-0.25, -0.2) is 9.97 Å². The van der Waals surface area contributed by atoms with Gasteiger partial charge in [-0.3, -0.25) is 0 Å². The monoisotopic (exact) mass is 209 g/mol. The Morgan fingerprint density at radius 2 is 2.29 bits per heavy atom. The summed E-state index contributed by atoms with van der Waals surface area (Å²) in [5.74, 6) is 4.14. The summed E-state index contributed by atoms with van der Waals surface area (Å²) < 4.78 is 0. The van der Waals surface area contributed by atoms with Gasteiger partial charge in [-0.2, -0.15) is 11.8 Å². The number of hydrogen-bond acceptors (Lipinski definition) is 4. The van der Waals surface area contributed by atoms with Gasteiger partial charge in [0.25, 0.3) is 0 Å². The van der Waals surface area contributed by atoms with Gasteiger partial charge < -0.3 is 5.73 Å². The van der Waals surface area contributed by atoms with Crippen molar-refractivity contribution in [1.29, 1.82) is 0 Å². The number of rotatable bonds is 4. The molecular weight excluding hydrogens is 194 g/mol. The zero-order chi connectivity index (χ0) is 9.97. The first-order chi connectivity index (χ1) is 6.79. The highest BCUT2D eigenvalue weighted by molar-refractivity contribution is 7.98. The van der Waals surface area contributed by atoms with Crippen molar-refractivity contribution in [2.75, 3.05) is 11.5 Å². The Balaban J connectivity index is 2.13. The van der Waals surface area contributed by atoms with Crippen LogP contribution >= 0.6 is 11.8 Å². The number of aromatic nitrogens is 2.